The summed E-state index contributed by atoms with van der Waals surface area (Å²) in [7, 11) is 0. The fourth-order valence-corrected chi connectivity index (χ4v) is 2.25. The molecule has 0 saturated carbocycles. The molecule has 18 heavy (non-hydrogen) atoms. The number of hydrogen-bond donors (Lipinski definition) is 0. The zero-order valence-corrected chi connectivity index (χ0v) is 12.5. The molecule has 1 aromatic carbocycles. The summed E-state index contributed by atoms with van der Waals surface area (Å²) in [5, 5.41) is 0. The molecular weight excluding hydrogens is 222 g/mol. The highest BCUT2D eigenvalue weighted by molar-refractivity contribution is 5.97. The minimum Gasteiger partial charge on any atom is -0.339 e. The second kappa shape index (κ2) is 5.55. The standard InChI is InChI=1S/C16H25NO/c1-7-17(8-2)15(18)14-12(3)10-9-11-13(14)16(4,5)6/h9-11H,7-8H2,1-6H3. The monoisotopic (exact) mass is 247 g/mol. The van der Waals surface area contributed by atoms with Crippen molar-refractivity contribution in [1.82, 2.24) is 4.90 Å². The lowest BCUT2D eigenvalue weighted by Crippen LogP contribution is -2.33. The smallest absolute Gasteiger partial charge is 0.254 e. The highest BCUT2D eigenvalue weighted by Crippen LogP contribution is 2.28. The van der Waals surface area contributed by atoms with Crippen LogP contribution in [0, 0.1) is 6.92 Å². The SMILES string of the molecule is CCN(CC)C(=O)c1c(C)cccc1C(C)(C)C. The lowest BCUT2D eigenvalue weighted by molar-refractivity contribution is 0.0769. The van der Waals surface area contributed by atoms with Crippen molar-refractivity contribution in [1.29, 1.82) is 0 Å². The Hall–Kier alpha value is -1.31. The number of aryl methyl sites for hydroxylation is 1. The van der Waals surface area contributed by atoms with Gasteiger partial charge in [-0.2, -0.15) is 0 Å². The van der Waals surface area contributed by atoms with E-state index in [1.807, 2.05) is 37.8 Å². The summed E-state index contributed by atoms with van der Waals surface area (Å²) in [5.41, 5.74) is 3.08. The van der Waals surface area contributed by atoms with Crippen molar-refractivity contribution in [2.75, 3.05) is 13.1 Å². The van der Waals surface area contributed by atoms with Crippen LogP contribution in [0.15, 0.2) is 18.2 Å². The van der Waals surface area contributed by atoms with E-state index in [0.717, 1.165) is 29.8 Å². The van der Waals surface area contributed by atoms with Crippen molar-refractivity contribution in [3.63, 3.8) is 0 Å². The van der Waals surface area contributed by atoms with E-state index < -0.39 is 0 Å². The zero-order valence-electron chi connectivity index (χ0n) is 12.5. The first-order chi connectivity index (χ1) is 8.32. The molecule has 0 fully saturated rings. The van der Waals surface area contributed by atoms with Gasteiger partial charge in [-0.25, -0.2) is 0 Å². The molecule has 0 radical (unpaired) electrons. The Morgan fingerprint density at radius 1 is 1.17 bits per heavy atom. The van der Waals surface area contributed by atoms with Crippen LogP contribution in [-0.2, 0) is 5.41 Å². The number of rotatable bonds is 3. The van der Waals surface area contributed by atoms with Crippen molar-refractivity contribution in [3.8, 4) is 0 Å². The van der Waals surface area contributed by atoms with Crippen LogP contribution in [0.2, 0.25) is 0 Å². The molecule has 0 spiro atoms. The Bertz CT molecular complexity index is 425. The van der Waals surface area contributed by atoms with Crippen molar-refractivity contribution < 1.29 is 4.79 Å². The number of carbonyl (C=O) groups excluding carboxylic acids is 1. The third-order valence-corrected chi connectivity index (χ3v) is 3.35. The Morgan fingerprint density at radius 2 is 1.72 bits per heavy atom. The predicted octanol–water partition coefficient (Wildman–Crippen LogP) is 3.77. The lowest BCUT2D eigenvalue weighted by Gasteiger charge is -2.27. The molecule has 1 rings (SSSR count). The predicted molar refractivity (Wildman–Crippen MR) is 77.1 cm³/mol. The van der Waals surface area contributed by atoms with Gasteiger partial charge in [0.25, 0.3) is 5.91 Å². The van der Waals surface area contributed by atoms with Crippen LogP contribution >= 0.6 is 0 Å². The average molecular weight is 247 g/mol. The van der Waals surface area contributed by atoms with Gasteiger partial charge in [0.15, 0.2) is 0 Å². The topological polar surface area (TPSA) is 20.3 Å². The minimum absolute atomic E-state index is 0.00976. The maximum atomic E-state index is 12.6. The Kier molecular flexibility index (Phi) is 4.55. The first-order valence-electron chi connectivity index (χ1n) is 6.72. The Balaban J connectivity index is 3.35. The van der Waals surface area contributed by atoms with Gasteiger partial charge in [0.1, 0.15) is 0 Å². The third kappa shape index (κ3) is 2.92. The van der Waals surface area contributed by atoms with E-state index in [4.69, 9.17) is 0 Å². The quantitative estimate of drug-likeness (QED) is 0.796. The summed E-state index contributed by atoms with van der Waals surface area (Å²) >= 11 is 0. The molecule has 0 aromatic heterocycles. The molecule has 2 heteroatoms. The molecule has 0 unspecified atom stereocenters. The second-order valence-corrected chi connectivity index (χ2v) is 5.72. The van der Waals surface area contributed by atoms with Crippen molar-refractivity contribution >= 4 is 5.91 Å². The molecule has 0 aliphatic rings. The maximum Gasteiger partial charge on any atom is 0.254 e. The van der Waals surface area contributed by atoms with Gasteiger partial charge in [-0.3, -0.25) is 4.79 Å². The maximum absolute atomic E-state index is 12.6. The van der Waals surface area contributed by atoms with Crippen LogP contribution in [0.3, 0.4) is 0 Å². The summed E-state index contributed by atoms with van der Waals surface area (Å²) < 4.78 is 0. The molecule has 2 nitrogen and oxygen atoms in total. The van der Waals surface area contributed by atoms with E-state index in [2.05, 4.69) is 26.8 Å². The van der Waals surface area contributed by atoms with Crippen molar-refractivity contribution in [2.45, 2.75) is 47.0 Å². The van der Waals surface area contributed by atoms with E-state index in [0.29, 0.717) is 0 Å². The van der Waals surface area contributed by atoms with Crippen LogP contribution in [0.25, 0.3) is 0 Å². The van der Waals surface area contributed by atoms with E-state index in [1.165, 1.54) is 0 Å². The highest BCUT2D eigenvalue weighted by Gasteiger charge is 2.25. The normalized spacial score (nSPS) is 11.4. The van der Waals surface area contributed by atoms with Crippen LogP contribution in [-0.4, -0.2) is 23.9 Å². The van der Waals surface area contributed by atoms with Gasteiger partial charge < -0.3 is 4.90 Å². The summed E-state index contributed by atoms with van der Waals surface area (Å²) in [5.74, 6) is 0.156. The fraction of sp³-hybridized carbons (Fsp3) is 0.562. The third-order valence-electron chi connectivity index (χ3n) is 3.35. The largest absolute Gasteiger partial charge is 0.339 e. The molecule has 0 aliphatic carbocycles. The number of amides is 1. The fourth-order valence-electron chi connectivity index (χ4n) is 2.25. The second-order valence-electron chi connectivity index (χ2n) is 5.72. The number of nitrogens with zero attached hydrogens (tertiary/aromatic N) is 1. The van der Waals surface area contributed by atoms with Gasteiger partial charge in [-0.1, -0.05) is 39.0 Å². The number of benzene rings is 1. The molecule has 100 valence electrons. The minimum atomic E-state index is -0.00976. The van der Waals surface area contributed by atoms with Crippen molar-refractivity contribution in [2.24, 2.45) is 0 Å². The molecule has 0 heterocycles. The van der Waals surface area contributed by atoms with Crippen LogP contribution in [0.5, 0.6) is 0 Å². The first-order valence-corrected chi connectivity index (χ1v) is 6.72. The first kappa shape index (κ1) is 14.7. The van der Waals surface area contributed by atoms with Gasteiger partial charge in [-0.15, -0.1) is 0 Å². The lowest BCUT2D eigenvalue weighted by atomic mass is 9.82. The van der Waals surface area contributed by atoms with Gasteiger partial charge >= 0.3 is 0 Å². The molecule has 0 saturated heterocycles. The number of hydrogen-bond acceptors (Lipinski definition) is 1. The zero-order chi connectivity index (χ0) is 13.9. The summed E-state index contributed by atoms with van der Waals surface area (Å²) in [6.07, 6.45) is 0. The van der Waals surface area contributed by atoms with Gasteiger partial charge in [0, 0.05) is 18.7 Å². The molecule has 0 N–H and O–H groups in total. The average Bonchev–Trinajstić information content (AvgIpc) is 2.28. The van der Waals surface area contributed by atoms with Gasteiger partial charge in [0.05, 0.1) is 0 Å². The summed E-state index contributed by atoms with van der Waals surface area (Å²) in [6.45, 7) is 14.0. The summed E-state index contributed by atoms with van der Waals surface area (Å²) in [6, 6.07) is 6.13. The number of carbonyl (C=O) groups is 1. The van der Waals surface area contributed by atoms with E-state index in [1.54, 1.807) is 0 Å². The highest BCUT2D eigenvalue weighted by atomic mass is 16.2. The van der Waals surface area contributed by atoms with Crippen LogP contribution in [0.1, 0.15) is 56.1 Å². The van der Waals surface area contributed by atoms with E-state index >= 15 is 0 Å². The molecule has 0 bridgehead atoms. The molecule has 0 atom stereocenters. The summed E-state index contributed by atoms with van der Waals surface area (Å²) in [4.78, 5) is 14.5. The Morgan fingerprint density at radius 3 is 2.17 bits per heavy atom. The van der Waals surface area contributed by atoms with Gasteiger partial charge in [-0.05, 0) is 37.3 Å². The van der Waals surface area contributed by atoms with Crippen LogP contribution in [0.4, 0.5) is 0 Å². The molecule has 0 aliphatic heterocycles. The van der Waals surface area contributed by atoms with E-state index in [9.17, 15) is 4.79 Å². The molecule has 1 amide bonds. The molecular formula is C16H25NO. The Labute approximate surface area is 111 Å². The van der Waals surface area contributed by atoms with Crippen LogP contribution < -0.4 is 0 Å². The molecule has 1 aromatic rings. The van der Waals surface area contributed by atoms with E-state index in [-0.39, 0.29) is 11.3 Å². The van der Waals surface area contributed by atoms with Crippen molar-refractivity contribution in [3.05, 3.63) is 34.9 Å². The van der Waals surface area contributed by atoms with Gasteiger partial charge in [0.2, 0.25) is 0 Å².